The van der Waals surface area contributed by atoms with Crippen molar-refractivity contribution in [3.63, 3.8) is 0 Å². The molecular weight excluding hydrogens is 420 g/mol. The van der Waals surface area contributed by atoms with E-state index >= 15 is 0 Å². The molecule has 0 aliphatic rings. The van der Waals surface area contributed by atoms with Gasteiger partial charge in [0.2, 0.25) is 0 Å². The highest BCUT2D eigenvalue weighted by atomic mass is 16.6. The number of esters is 4. The lowest BCUT2D eigenvalue weighted by atomic mass is 9.91. The molecule has 0 atom stereocenters. The zero-order valence-electron chi connectivity index (χ0n) is 18.1. The summed E-state index contributed by atoms with van der Waals surface area (Å²) in [4.78, 5) is 45.8. The Labute approximate surface area is 187 Å². The largest absolute Gasteiger partial charge is 0.462 e. The summed E-state index contributed by atoms with van der Waals surface area (Å²) >= 11 is 0. The van der Waals surface area contributed by atoms with Crippen molar-refractivity contribution < 1.29 is 42.9 Å². The highest BCUT2D eigenvalue weighted by Crippen LogP contribution is 2.23. The van der Waals surface area contributed by atoms with Crippen LogP contribution in [-0.2, 0) is 42.9 Å². The number of carbonyl (C=O) groups is 4. The van der Waals surface area contributed by atoms with Crippen molar-refractivity contribution in [2.75, 3.05) is 39.6 Å². The van der Waals surface area contributed by atoms with Crippen LogP contribution in [0.2, 0.25) is 0 Å². The molecule has 0 spiro atoms. The minimum atomic E-state index is -1.33. The molecule has 0 N–H and O–H groups in total. The van der Waals surface area contributed by atoms with E-state index in [0.717, 1.165) is 24.3 Å². The Balaban J connectivity index is 5.36. The van der Waals surface area contributed by atoms with Gasteiger partial charge in [-0.2, -0.15) is 0 Å². The van der Waals surface area contributed by atoms with Crippen LogP contribution in [0.4, 0.5) is 0 Å². The zero-order valence-corrected chi connectivity index (χ0v) is 18.1. The lowest BCUT2D eigenvalue weighted by molar-refractivity contribution is -0.152. The van der Waals surface area contributed by atoms with E-state index < -0.39 is 34.7 Å². The second kappa shape index (κ2) is 14.4. The molecule has 0 amide bonds. The molecular formula is C23H28O9. The summed E-state index contributed by atoms with van der Waals surface area (Å²) in [5, 5.41) is 0. The quantitative estimate of drug-likeness (QED) is 0.150. The second-order valence-corrected chi connectivity index (χ2v) is 6.98. The van der Waals surface area contributed by atoms with Gasteiger partial charge in [0.1, 0.15) is 31.8 Å². The summed E-state index contributed by atoms with van der Waals surface area (Å²) in [6.45, 7) is 13.6. The molecule has 0 aromatic carbocycles. The fourth-order valence-electron chi connectivity index (χ4n) is 2.01. The molecule has 0 unspecified atom stereocenters. The molecule has 0 radical (unpaired) electrons. The maximum atomic E-state index is 11.5. The van der Waals surface area contributed by atoms with E-state index in [1.165, 1.54) is 0 Å². The maximum absolute atomic E-state index is 11.5. The van der Waals surface area contributed by atoms with Gasteiger partial charge in [0.05, 0.1) is 18.6 Å². The third-order valence-electron chi connectivity index (χ3n) is 3.91. The standard InChI is InChI=1S/C23H28O9/c1-7-18(24)29-13-22(6,14-30-19(25)8-2)12-28-15-23(11-5,16-31-20(26)9-3)17-32-21(27)10-4/h5,7-10H,1-4,12-17H2,6H3. The molecule has 0 aromatic heterocycles. The van der Waals surface area contributed by atoms with Gasteiger partial charge in [0.25, 0.3) is 0 Å². The molecule has 0 saturated carbocycles. The monoisotopic (exact) mass is 448 g/mol. The second-order valence-electron chi connectivity index (χ2n) is 6.98. The summed E-state index contributed by atoms with van der Waals surface area (Å²) in [5.41, 5.74) is -2.29. The van der Waals surface area contributed by atoms with Crippen molar-refractivity contribution in [1.29, 1.82) is 0 Å². The van der Waals surface area contributed by atoms with E-state index in [-0.39, 0.29) is 39.6 Å². The highest BCUT2D eigenvalue weighted by Gasteiger charge is 2.35. The molecule has 0 saturated heterocycles. The van der Waals surface area contributed by atoms with Gasteiger partial charge >= 0.3 is 23.9 Å². The average molecular weight is 448 g/mol. The summed E-state index contributed by atoms with van der Waals surface area (Å²) in [6, 6.07) is 0. The third kappa shape index (κ3) is 10.9. The van der Waals surface area contributed by atoms with E-state index in [0.29, 0.717) is 0 Å². The van der Waals surface area contributed by atoms with Crippen LogP contribution in [0.5, 0.6) is 0 Å². The Kier molecular flexibility index (Phi) is 12.7. The van der Waals surface area contributed by atoms with Gasteiger partial charge in [-0.1, -0.05) is 39.2 Å². The first-order chi connectivity index (χ1) is 15.1. The Morgan fingerprint density at radius 3 is 1.34 bits per heavy atom. The number of ether oxygens (including phenoxy) is 5. The van der Waals surface area contributed by atoms with Gasteiger partial charge in [0.15, 0.2) is 0 Å². The number of carbonyl (C=O) groups excluding carboxylic acids is 4. The van der Waals surface area contributed by atoms with Crippen LogP contribution in [0.1, 0.15) is 6.92 Å². The SMILES string of the molecule is C#CC(COCC(C)(COC(=O)C=C)COC(=O)C=C)(COC(=O)C=C)COC(=O)C=C. The van der Waals surface area contributed by atoms with Crippen LogP contribution >= 0.6 is 0 Å². The van der Waals surface area contributed by atoms with Gasteiger partial charge in [-0.25, -0.2) is 19.2 Å². The Morgan fingerprint density at radius 1 is 0.688 bits per heavy atom. The lowest BCUT2D eigenvalue weighted by Gasteiger charge is -2.31. The first-order valence-electron chi connectivity index (χ1n) is 9.31. The fourth-order valence-corrected chi connectivity index (χ4v) is 2.01. The molecule has 0 aliphatic carbocycles. The average Bonchev–Trinajstić information content (AvgIpc) is 2.81. The van der Waals surface area contributed by atoms with Crippen molar-refractivity contribution in [1.82, 2.24) is 0 Å². The molecule has 174 valence electrons. The van der Waals surface area contributed by atoms with E-state index in [1.54, 1.807) is 6.92 Å². The predicted octanol–water partition coefficient (Wildman–Crippen LogP) is 1.55. The van der Waals surface area contributed by atoms with Crippen molar-refractivity contribution in [2.24, 2.45) is 10.8 Å². The Morgan fingerprint density at radius 2 is 1.03 bits per heavy atom. The topological polar surface area (TPSA) is 114 Å². The molecule has 0 heterocycles. The molecule has 9 nitrogen and oxygen atoms in total. The first-order valence-corrected chi connectivity index (χ1v) is 9.31. The zero-order chi connectivity index (χ0) is 24.6. The van der Waals surface area contributed by atoms with Crippen molar-refractivity contribution in [3.8, 4) is 12.3 Å². The molecule has 0 aromatic rings. The van der Waals surface area contributed by atoms with Crippen molar-refractivity contribution >= 4 is 23.9 Å². The first kappa shape index (κ1) is 28.4. The van der Waals surface area contributed by atoms with Crippen LogP contribution in [0, 0.1) is 23.2 Å². The van der Waals surface area contributed by atoms with Crippen LogP contribution in [-0.4, -0.2) is 63.5 Å². The number of terminal acetylenes is 1. The maximum Gasteiger partial charge on any atom is 0.330 e. The van der Waals surface area contributed by atoms with Gasteiger partial charge in [0, 0.05) is 24.3 Å². The molecule has 0 fully saturated rings. The minimum absolute atomic E-state index is 0.0872. The fraction of sp³-hybridized carbons (Fsp3) is 0.391. The minimum Gasteiger partial charge on any atom is -0.462 e. The van der Waals surface area contributed by atoms with Crippen molar-refractivity contribution in [3.05, 3.63) is 50.6 Å². The Bertz CT molecular complexity index is 725. The van der Waals surface area contributed by atoms with Crippen LogP contribution in [0.15, 0.2) is 50.6 Å². The van der Waals surface area contributed by atoms with Gasteiger partial charge in [-0.3, -0.25) is 0 Å². The van der Waals surface area contributed by atoms with Crippen LogP contribution in [0.25, 0.3) is 0 Å². The third-order valence-corrected chi connectivity index (χ3v) is 3.91. The smallest absolute Gasteiger partial charge is 0.330 e. The lowest BCUT2D eigenvalue weighted by Crippen LogP contribution is -2.41. The summed E-state index contributed by atoms with van der Waals surface area (Å²) in [6.07, 6.45) is 9.51. The van der Waals surface area contributed by atoms with E-state index in [4.69, 9.17) is 30.1 Å². The summed E-state index contributed by atoms with van der Waals surface area (Å²) < 4.78 is 25.9. The van der Waals surface area contributed by atoms with E-state index in [9.17, 15) is 19.2 Å². The molecule has 9 heteroatoms. The highest BCUT2D eigenvalue weighted by molar-refractivity contribution is 5.82. The van der Waals surface area contributed by atoms with E-state index in [1.807, 2.05) is 0 Å². The number of hydrogen-bond acceptors (Lipinski definition) is 9. The molecule has 0 aliphatic heterocycles. The Hall–Kier alpha value is -3.64. The van der Waals surface area contributed by atoms with Gasteiger partial charge in [-0.05, 0) is 0 Å². The van der Waals surface area contributed by atoms with Crippen LogP contribution in [0.3, 0.4) is 0 Å². The predicted molar refractivity (Wildman–Crippen MR) is 115 cm³/mol. The number of rotatable bonds is 16. The summed E-state index contributed by atoms with van der Waals surface area (Å²) in [7, 11) is 0. The van der Waals surface area contributed by atoms with Gasteiger partial charge in [-0.15, -0.1) is 6.42 Å². The number of hydrogen-bond donors (Lipinski definition) is 0. The normalized spacial score (nSPS) is 10.6. The van der Waals surface area contributed by atoms with Gasteiger partial charge < -0.3 is 23.7 Å². The van der Waals surface area contributed by atoms with E-state index in [2.05, 4.69) is 32.2 Å². The van der Waals surface area contributed by atoms with Crippen molar-refractivity contribution in [2.45, 2.75) is 6.92 Å². The molecule has 32 heavy (non-hydrogen) atoms. The van der Waals surface area contributed by atoms with Crippen LogP contribution < -0.4 is 0 Å². The molecule has 0 rings (SSSR count). The molecule has 0 bridgehead atoms. The summed E-state index contributed by atoms with van der Waals surface area (Å²) in [5.74, 6) is -0.355.